The number of rotatable bonds is 3. The maximum Gasteiger partial charge on any atom is 0.192 e. The molecule has 0 saturated heterocycles. The lowest BCUT2D eigenvalue weighted by Crippen LogP contribution is -2.52. The summed E-state index contributed by atoms with van der Waals surface area (Å²) in [6.07, 6.45) is 14.0. The minimum absolute atomic E-state index is 0.0441. The van der Waals surface area contributed by atoms with Crippen molar-refractivity contribution in [2.75, 3.05) is 0 Å². The Labute approximate surface area is 179 Å². The Hall–Kier alpha value is -0.673. The van der Waals surface area contributed by atoms with E-state index in [4.69, 9.17) is 4.43 Å². The Bertz CT molecular complexity index is 729. The van der Waals surface area contributed by atoms with Crippen LogP contribution in [-0.2, 0) is 9.22 Å². The van der Waals surface area contributed by atoms with Gasteiger partial charge in [0.25, 0.3) is 0 Å². The van der Waals surface area contributed by atoms with Gasteiger partial charge in [-0.25, -0.2) is 0 Å². The number of carbonyl (C=O) groups excluding carboxylic acids is 1. The molecule has 0 bridgehead atoms. The Morgan fingerprint density at radius 3 is 2.55 bits per heavy atom. The van der Waals surface area contributed by atoms with Gasteiger partial charge in [-0.1, -0.05) is 45.4 Å². The van der Waals surface area contributed by atoms with Crippen LogP contribution in [0.3, 0.4) is 0 Å². The first-order valence-corrected chi connectivity index (χ1v) is 14.9. The summed E-state index contributed by atoms with van der Waals surface area (Å²) in [5.41, 5.74) is 1.72. The maximum atomic E-state index is 12.6. The van der Waals surface area contributed by atoms with Crippen LogP contribution < -0.4 is 0 Å². The molecule has 0 aliphatic heterocycles. The van der Waals surface area contributed by atoms with E-state index in [1.807, 2.05) is 0 Å². The highest BCUT2D eigenvalue weighted by Gasteiger charge is 2.59. The second-order valence-corrected chi connectivity index (χ2v) is 17.0. The quantitative estimate of drug-likeness (QED) is 0.364. The van der Waals surface area contributed by atoms with Crippen molar-refractivity contribution < 1.29 is 9.22 Å². The molecule has 4 aliphatic rings. The van der Waals surface area contributed by atoms with Gasteiger partial charge in [0, 0.05) is 23.4 Å². The first kappa shape index (κ1) is 21.6. The fraction of sp³-hybridized carbons (Fsp3) is 0.808. The van der Waals surface area contributed by atoms with Crippen LogP contribution in [0.25, 0.3) is 0 Å². The van der Waals surface area contributed by atoms with Crippen LogP contribution in [0.5, 0.6) is 0 Å². The van der Waals surface area contributed by atoms with Gasteiger partial charge in [0.2, 0.25) is 0 Å². The molecular weight excluding hydrogens is 372 g/mol. The van der Waals surface area contributed by atoms with E-state index < -0.39 is 8.32 Å². The number of fused-ring (bicyclic) bond motifs is 5. The average molecular weight is 415 g/mol. The summed E-state index contributed by atoms with van der Waals surface area (Å²) < 4.78 is 6.84. The van der Waals surface area contributed by atoms with Crippen molar-refractivity contribution in [3.05, 3.63) is 24.3 Å². The predicted molar refractivity (Wildman–Crippen MR) is 123 cm³/mol. The predicted octanol–water partition coefficient (Wildman–Crippen LogP) is 7.07. The number of hydrogen-bond acceptors (Lipinski definition) is 2. The molecule has 3 heteroatoms. The van der Waals surface area contributed by atoms with E-state index >= 15 is 0 Å². The first-order valence-electron chi connectivity index (χ1n) is 12.0. The second kappa shape index (κ2) is 6.92. The number of carbonyl (C=O) groups is 1. The summed E-state index contributed by atoms with van der Waals surface area (Å²) in [5, 5.41) is 0.259. The van der Waals surface area contributed by atoms with E-state index in [1.165, 1.54) is 12.8 Å². The smallest absolute Gasteiger partial charge is 0.192 e. The fourth-order valence-corrected chi connectivity index (χ4v) is 8.57. The molecular formula is C26H42O2Si. The molecule has 3 fully saturated rings. The molecule has 0 aromatic heterocycles. The largest absolute Gasteiger partial charge is 0.414 e. The van der Waals surface area contributed by atoms with Crippen LogP contribution in [0.1, 0.15) is 79.1 Å². The molecule has 0 amide bonds. The second-order valence-electron chi connectivity index (χ2n) is 12.2. The molecule has 4 aliphatic carbocycles. The van der Waals surface area contributed by atoms with Gasteiger partial charge in [0.15, 0.2) is 8.32 Å². The topological polar surface area (TPSA) is 26.3 Å². The van der Waals surface area contributed by atoms with E-state index in [-0.39, 0.29) is 15.9 Å². The van der Waals surface area contributed by atoms with Crippen LogP contribution >= 0.6 is 0 Å². The molecule has 2 nitrogen and oxygen atoms in total. The first-order chi connectivity index (χ1) is 13.4. The van der Waals surface area contributed by atoms with Gasteiger partial charge in [-0.3, -0.25) is 4.79 Å². The molecule has 0 N–H and O–H groups in total. The molecule has 3 unspecified atom stereocenters. The van der Waals surface area contributed by atoms with Crippen molar-refractivity contribution in [2.24, 2.45) is 28.6 Å². The minimum atomic E-state index is -1.74. The van der Waals surface area contributed by atoms with Gasteiger partial charge in [0.1, 0.15) is 5.78 Å². The van der Waals surface area contributed by atoms with Gasteiger partial charge < -0.3 is 4.43 Å². The SMILES string of the molecule is C=C[C@]12CC[C@H](O[Si](C)(C)C(C)(C)C)CC1=CCC1C2CC[C@]2(C)C(=O)CCC12. The van der Waals surface area contributed by atoms with Crippen molar-refractivity contribution in [3.63, 3.8) is 0 Å². The Morgan fingerprint density at radius 1 is 1.17 bits per heavy atom. The summed E-state index contributed by atoms with van der Waals surface area (Å²) in [6.45, 7) is 18.4. The van der Waals surface area contributed by atoms with E-state index in [0.29, 0.717) is 29.6 Å². The molecule has 0 aromatic rings. The normalized spacial score (nSPS) is 42.6. The highest BCUT2D eigenvalue weighted by Crippen LogP contribution is 2.64. The van der Waals surface area contributed by atoms with Crippen molar-refractivity contribution in [3.8, 4) is 0 Å². The Balaban J connectivity index is 1.58. The van der Waals surface area contributed by atoms with Crippen LogP contribution in [-0.4, -0.2) is 20.2 Å². The van der Waals surface area contributed by atoms with Crippen LogP contribution in [0, 0.1) is 28.6 Å². The molecule has 6 atom stereocenters. The highest BCUT2D eigenvalue weighted by molar-refractivity contribution is 6.74. The molecule has 4 rings (SSSR count). The monoisotopic (exact) mass is 414 g/mol. The zero-order chi connectivity index (χ0) is 21.2. The molecule has 0 heterocycles. The highest BCUT2D eigenvalue weighted by atomic mass is 28.4. The van der Waals surface area contributed by atoms with Crippen molar-refractivity contribution in [1.82, 2.24) is 0 Å². The summed E-state index contributed by atoms with van der Waals surface area (Å²) >= 11 is 0. The summed E-state index contributed by atoms with van der Waals surface area (Å²) in [7, 11) is -1.74. The third-order valence-electron chi connectivity index (χ3n) is 10.0. The molecule has 0 spiro atoms. The zero-order valence-corrected chi connectivity index (χ0v) is 20.6. The van der Waals surface area contributed by atoms with Crippen LogP contribution in [0.2, 0.25) is 18.1 Å². The van der Waals surface area contributed by atoms with Crippen molar-refractivity contribution in [2.45, 2.75) is 103 Å². The molecule has 29 heavy (non-hydrogen) atoms. The summed E-state index contributed by atoms with van der Waals surface area (Å²) in [4.78, 5) is 12.6. The lowest BCUT2D eigenvalue weighted by molar-refractivity contribution is -0.131. The third-order valence-corrected chi connectivity index (χ3v) is 14.5. The summed E-state index contributed by atoms with van der Waals surface area (Å²) in [5.74, 6) is 2.47. The van der Waals surface area contributed by atoms with Gasteiger partial charge in [-0.2, -0.15) is 0 Å². The standard InChI is InChI=1S/C26H42O2Si/c1-8-26-16-13-19(28-29(6,7)24(2,3)4)17-18(26)9-10-20-21-11-12-23(27)25(21,5)15-14-22(20)26/h8-9,19-22H,1,10-17H2,2-7H3/t19-,20?,21?,22?,25-,26-/m0/s1. The van der Waals surface area contributed by atoms with Gasteiger partial charge in [-0.15, -0.1) is 6.58 Å². The molecule has 0 aromatic carbocycles. The lowest BCUT2D eigenvalue weighted by Gasteiger charge is -2.57. The van der Waals surface area contributed by atoms with Gasteiger partial charge in [-0.05, 0) is 80.8 Å². The number of Topliss-reactive ketones (excluding diaryl/α,β-unsaturated/α-hetero) is 1. The zero-order valence-electron chi connectivity index (χ0n) is 19.6. The van der Waals surface area contributed by atoms with Crippen LogP contribution in [0.4, 0.5) is 0 Å². The minimum Gasteiger partial charge on any atom is -0.414 e. The summed E-state index contributed by atoms with van der Waals surface area (Å²) in [6, 6.07) is 0. The van der Waals surface area contributed by atoms with Crippen molar-refractivity contribution in [1.29, 1.82) is 0 Å². The number of hydrogen-bond donors (Lipinski definition) is 0. The van der Waals surface area contributed by atoms with Gasteiger partial charge >= 0.3 is 0 Å². The molecule has 162 valence electrons. The van der Waals surface area contributed by atoms with Crippen LogP contribution in [0.15, 0.2) is 24.3 Å². The van der Waals surface area contributed by atoms with E-state index in [9.17, 15) is 4.79 Å². The van der Waals surface area contributed by atoms with E-state index in [0.717, 1.165) is 38.5 Å². The molecule has 3 saturated carbocycles. The van der Waals surface area contributed by atoms with Gasteiger partial charge in [0.05, 0.1) is 0 Å². The Morgan fingerprint density at radius 2 is 1.90 bits per heavy atom. The van der Waals surface area contributed by atoms with Crippen molar-refractivity contribution >= 4 is 14.1 Å². The van der Waals surface area contributed by atoms with E-state index in [1.54, 1.807) is 5.57 Å². The molecule has 0 radical (unpaired) electrons. The lowest BCUT2D eigenvalue weighted by atomic mass is 9.47. The third kappa shape index (κ3) is 3.17. The van der Waals surface area contributed by atoms with E-state index in [2.05, 4.69) is 59.5 Å². The maximum absolute atomic E-state index is 12.6. The number of allylic oxidation sites excluding steroid dienone is 2. The number of ketones is 1. The Kier molecular flexibility index (Phi) is 5.14. The average Bonchev–Trinajstić information content (AvgIpc) is 2.95. The fourth-order valence-electron chi connectivity index (χ4n) is 7.18.